The molecule has 2 aromatic heterocycles. The summed E-state index contributed by atoms with van der Waals surface area (Å²) in [5.41, 5.74) is 4.51. The van der Waals surface area contributed by atoms with Crippen LogP contribution < -0.4 is 10.2 Å². The molecule has 0 unspecified atom stereocenters. The second kappa shape index (κ2) is 8.10. The quantitative estimate of drug-likeness (QED) is 0.551. The number of aromatic nitrogens is 4. The highest BCUT2D eigenvalue weighted by atomic mass is 16.1. The van der Waals surface area contributed by atoms with E-state index in [0.29, 0.717) is 18.7 Å². The molecule has 0 bridgehead atoms. The first-order valence-corrected chi connectivity index (χ1v) is 9.38. The smallest absolute Gasteiger partial charge is 0.251 e. The minimum absolute atomic E-state index is 0.115. The fourth-order valence-corrected chi connectivity index (χ4v) is 3.22. The molecule has 4 rings (SSSR count). The van der Waals surface area contributed by atoms with Crippen LogP contribution in [-0.4, -0.2) is 40.0 Å². The summed E-state index contributed by atoms with van der Waals surface area (Å²) in [6.45, 7) is 1.02. The van der Waals surface area contributed by atoms with Crippen molar-refractivity contribution < 1.29 is 4.79 Å². The van der Waals surface area contributed by atoms with E-state index in [1.54, 1.807) is 6.20 Å². The van der Waals surface area contributed by atoms with Crippen LogP contribution in [0.3, 0.4) is 0 Å². The Morgan fingerprint density at radius 1 is 1.03 bits per heavy atom. The first-order valence-electron chi connectivity index (χ1n) is 9.38. The Morgan fingerprint density at radius 2 is 1.83 bits per heavy atom. The van der Waals surface area contributed by atoms with Gasteiger partial charge in [0.1, 0.15) is 11.3 Å². The SMILES string of the molecule is CN(C)c1ncccc1CNC(=O)c1ccc(Cn2nnc3ccccc32)cc1. The minimum atomic E-state index is -0.115. The highest BCUT2D eigenvalue weighted by Gasteiger charge is 2.10. The number of para-hydroxylation sites is 1. The van der Waals surface area contributed by atoms with Crippen molar-refractivity contribution in [3.8, 4) is 0 Å². The van der Waals surface area contributed by atoms with Gasteiger partial charge in [0.2, 0.25) is 0 Å². The maximum Gasteiger partial charge on any atom is 0.251 e. The molecule has 0 aliphatic rings. The van der Waals surface area contributed by atoms with Gasteiger partial charge < -0.3 is 10.2 Å². The van der Waals surface area contributed by atoms with Gasteiger partial charge in [-0.1, -0.05) is 35.5 Å². The number of nitrogens with one attached hydrogen (secondary N) is 1. The molecule has 7 heteroatoms. The molecule has 0 saturated carbocycles. The molecular formula is C22H22N6O. The summed E-state index contributed by atoms with van der Waals surface area (Å²) in [6.07, 6.45) is 1.75. The molecule has 2 aromatic carbocycles. The Balaban J connectivity index is 1.42. The van der Waals surface area contributed by atoms with Crippen molar-refractivity contribution in [3.05, 3.63) is 83.6 Å². The predicted octanol–water partition coefficient (Wildman–Crippen LogP) is 2.87. The zero-order chi connectivity index (χ0) is 20.2. The number of amides is 1. The van der Waals surface area contributed by atoms with E-state index in [2.05, 4.69) is 20.6 Å². The molecule has 0 atom stereocenters. The van der Waals surface area contributed by atoms with E-state index >= 15 is 0 Å². The van der Waals surface area contributed by atoms with E-state index in [0.717, 1.165) is 28.0 Å². The molecule has 1 N–H and O–H groups in total. The Hall–Kier alpha value is -3.74. The Labute approximate surface area is 169 Å². The number of fused-ring (bicyclic) bond motifs is 1. The summed E-state index contributed by atoms with van der Waals surface area (Å²) in [5.74, 6) is 0.736. The summed E-state index contributed by atoms with van der Waals surface area (Å²) < 4.78 is 1.86. The summed E-state index contributed by atoms with van der Waals surface area (Å²) in [5, 5.41) is 11.4. The standard InChI is InChI=1S/C22H22N6O/c1-27(2)21-18(6-5-13-23-21)14-24-22(29)17-11-9-16(10-12-17)15-28-20-8-4-3-7-19(20)25-26-28/h3-13H,14-15H2,1-2H3,(H,24,29). The third-order valence-corrected chi connectivity index (χ3v) is 4.70. The van der Waals surface area contributed by atoms with Crippen molar-refractivity contribution in [2.45, 2.75) is 13.1 Å². The maximum atomic E-state index is 12.5. The molecule has 0 spiro atoms. The summed E-state index contributed by atoms with van der Waals surface area (Å²) in [4.78, 5) is 18.8. The van der Waals surface area contributed by atoms with Gasteiger partial charge in [-0.25, -0.2) is 9.67 Å². The second-order valence-corrected chi connectivity index (χ2v) is 7.00. The Morgan fingerprint density at radius 3 is 2.62 bits per heavy atom. The summed E-state index contributed by atoms with van der Waals surface area (Å²) in [7, 11) is 3.87. The average molecular weight is 386 g/mol. The van der Waals surface area contributed by atoms with Crippen molar-refractivity contribution >= 4 is 22.8 Å². The lowest BCUT2D eigenvalue weighted by Crippen LogP contribution is -2.24. The molecule has 0 radical (unpaired) electrons. The second-order valence-electron chi connectivity index (χ2n) is 7.00. The van der Waals surface area contributed by atoms with Gasteiger partial charge in [-0.3, -0.25) is 4.79 Å². The molecule has 2 heterocycles. The zero-order valence-electron chi connectivity index (χ0n) is 16.4. The number of anilines is 1. The van der Waals surface area contributed by atoms with E-state index in [1.165, 1.54) is 0 Å². The number of hydrogen-bond donors (Lipinski definition) is 1. The van der Waals surface area contributed by atoms with Gasteiger partial charge in [0.15, 0.2) is 0 Å². The van der Waals surface area contributed by atoms with Crippen LogP contribution >= 0.6 is 0 Å². The van der Waals surface area contributed by atoms with Crippen molar-refractivity contribution in [2.24, 2.45) is 0 Å². The van der Waals surface area contributed by atoms with E-state index in [4.69, 9.17) is 0 Å². The first kappa shape index (κ1) is 18.6. The molecular weight excluding hydrogens is 364 g/mol. The lowest BCUT2D eigenvalue weighted by molar-refractivity contribution is 0.0951. The molecule has 0 saturated heterocycles. The van der Waals surface area contributed by atoms with Gasteiger partial charge >= 0.3 is 0 Å². The van der Waals surface area contributed by atoms with Crippen LogP contribution in [0.1, 0.15) is 21.5 Å². The highest BCUT2D eigenvalue weighted by molar-refractivity contribution is 5.94. The van der Waals surface area contributed by atoms with Crippen LogP contribution in [-0.2, 0) is 13.1 Å². The van der Waals surface area contributed by atoms with Gasteiger partial charge in [0.05, 0.1) is 12.1 Å². The normalized spacial score (nSPS) is 10.8. The third-order valence-electron chi connectivity index (χ3n) is 4.70. The molecule has 29 heavy (non-hydrogen) atoms. The third kappa shape index (κ3) is 4.08. The highest BCUT2D eigenvalue weighted by Crippen LogP contribution is 2.15. The molecule has 1 amide bonds. The predicted molar refractivity (Wildman–Crippen MR) is 113 cm³/mol. The van der Waals surface area contributed by atoms with Crippen LogP contribution in [0.4, 0.5) is 5.82 Å². The molecule has 0 aliphatic heterocycles. The van der Waals surface area contributed by atoms with Gasteiger partial charge in [-0.05, 0) is 35.9 Å². The fourth-order valence-electron chi connectivity index (χ4n) is 3.22. The molecule has 0 fully saturated rings. The lowest BCUT2D eigenvalue weighted by atomic mass is 10.1. The number of carbonyl (C=O) groups is 1. The van der Waals surface area contributed by atoms with Gasteiger partial charge in [0, 0.05) is 38.0 Å². The maximum absolute atomic E-state index is 12.5. The molecule has 146 valence electrons. The van der Waals surface area contributed by atoms with E-state index < -0.39 is 0 Å². The number of rotatable bonds is 6. The number of hydrogen-bond acceptors (Lipinski definition) is 5. The van der Waals surface area contributed by atoms with E-state index in [9.17, 15) is 4.79 Å². The molecule has 7 nitrogen and oxygen atoms in total. The van der Waals surface area contributed by atoms with Crippen LogP contribution in [0.25, 0.3) is 11.0 Å². The summed E-state index contributed by atoms with van der Waals surface area (Å²) in [6, 6.07) is 19.3. The minimum Gasteiger partial charge on any atom is -0.362 e. The van der Waals surface area contributed by atoms with Crippen molar-refractivity contribution in [1.29, 1.82) is 0 Å². The number of benzene rings is 2. The monoisotopic (exact) mass is 386 g/mol. The summed E-state index contributed by atoms with van der Waals surface area (Å²) >= 11 is 0. The topological polar surface area (TPSA) is 75.9 Å². The Kier molecular flexibility index (Phi) is 5.20. The Bertz CT molecular complexity index is 1130. The van der Waals surface area contributed by atoms with Crippen LogP contribution in [0.2, 0.25) is 0 Å². The average Bonchev–Trinajstić information content (AvgIpc) is 3.15. The van der Waals surface area contributed by atoms with Crippen LogP contribution in [0, 0.1) is 0 Å². The van der Waals surface area contributed by atoms with Crippen molar-refractivity contribution in [1.82, 2.24) is 25.3 Å². The van der Waals surface area contributed by atoms with Gasteiger partial charge in [-0.15, -0.1) is 5.10 Å². The number of nitrogens with zero attached hydrogens (tertiary/aromatic N) is 5. The van der Waals surface area contributed by atoms with Gasteiger partial charge in [0.25, 0.3) is 5.91 Å². The molecule has 0 aliphatic carbocycles. The van der Waals surface area contributed by atoms with Gasteiger partial charge in [-0.2, -0.15) is 0 Å². The van der Waals surface area contributed by atoms with Crippen LogP contribution in [0.15, 0.2) is 66.9 Å². The largest absolute Gasteiger partial charge is 0.362 e. The van der Waals surface area contributed by atoms with Crippen LogP contribution in [0.5, 0.6) is 0 Å². The van der Waals surface area contributed by atoms with E-state index in [1.807, 2.05) is 84.3 Å². The van der Waals surface area contributed by atoms with Crippen molar-refractivity contribution in [2.75, 3.05) is 19.0 Å². The fraction of sp³-hybridized carbons (Fsp3) is 0.182. The molecule has 4 aromatic rings. The number of pyridine rings is 1. The lowest BCUT2D eigenvalue weighted by Gasteiger charge is -2.16. The van der Waals surface area contributed by atoms with Crippen molar-refractivity contribution in [3.63, 3.8) is 0 Å². The zero-order valence-corrected chi connectivity index (χ0v) is 16.4. The number of carbonyl (C=O) groups excluding carboxylic acids is 1. The van der Waals surface area contributed by atoms with E-state index in [-0.39, 0.29) is 5.91 Å². The first-order chi connectivity index (χ1) is 14.1.